The molecule has 0 radical (unpaired) electrons. The summed E-state index contributed by atoms with van der Waals surface area (Å²) in [5.41, 5.74) is 0. The summed E-state index contributed by atoms with van der Waals surface area (Å²) in [6.45, 7) is 9.36. The van der Waals surface area contributed by atoms with Crippen LogP contribution in [-0.2, 0) is 9.59 Å². The molecule has 2 saturated heterocycles. The fraction of sp³-hybridized carbons (Fsp3) is 0.667. The second-order valence-electron chi connectivity index (χ2n) is 7.75. The van der Waals surface area contributed by atoms with Crippen molar-refractivity contribution in [3.8, 4) is 0 Å². The van der Waals surface area contributed by atoms with Gasteiger partial charge < -0.3 is 25.3 Å². The van der Waals surface area contributed by atoms with Crippen LogP contribution in [0.2, 0.25) is 0 Å². The first-order valence-electron chi connectivity index (χ1n) is 11.2. The largest absolute Gasteiger partial charge is 0.357 e. The third-order valence-corrected chi connectivity index (χ3v) is 5.59. The van der Waals surface area contributed by atoms with Gasteiger partial charge in [-0.15, -0.1) is 24.0 Å². The van der Waals surface area contributed by atoms with Crippen LogP contribution in [0, 0.1) is 0 Å². The van der Waals surface area contributed by atoms with Crippen LogP contribution in [0.25, 0.3) is 0 Å². The molecule has 2 fully saturated rings. The predicted octanol–water partition coefficient (Wildman–Crippen LogP) is 0.699. The number of carbonyl (C=O) groups excluding carboxylic acids is 2. The number of guanidine groups is 1. The number of aliphatic imine (C=N–C) groups is 1. The van der Waals surface area contributed by atoms with Crippen molar-refractivity contribution in [3.05, 3.63) is 18.5 Å². The first kappa shape index (κ1) is 26.1. The van der Waals surface area contributed by atoms with E-state index in [9.17, 15) is 9.59 Å². The van der Waals surface area contributed by atoms with Gasteiger partial charge in [-0.2, -0.15) is 0 Å². The topological polar surface area (TPSA) is 106 Å². The molecule has 0 bridgehead atoms. The van der Waals surface area contributed by atoms with Gasteiger partial charge in [-0.05, 0) is 19.4 Å². The number of carbonyl (C=O) groups is 2. The van der Waals surface area contributed by atoms with Crippen molar-refractivity contribution in [2.45, 2.75) is 39.2 Å². The van der Waals surface area contributed by atoms with Crippen molar-refractivity contribution in [2.24, 2.45) is 4.99 Å². The third-order valence-electron chi connectivity index (χ3n) is 5.59. The molecule has 0 aromatic carbocycles. The van der Waals surface area contributed by atoms with E-state index in [1.54, 1.807) is 18.5 Å². The quantitative estimate of drug-likeness (QED) is 0.289. The number of amides is 2. The van der Waals surface area contributed by atoms with E-state index in [0.29, 0.717) is 50.9 Å². The zero-order valence-corrected chi connectivity index (χ0v) is 21.3. The summed E-state index contributed by atoms with van der Waals surface area (Å²) in [7, 11) is 0. The molecule has 3 heterocycles. The number of hydrogen-bond acceptors (Lipinski definition) is 6. The average molecular weight is 558 g/mol. The molecule has 1 atom stereocenters. The molecule has 3 rings (SSSR count). The van der Waals surface area contributed by atoms with Crippen molar-refractivity contribution < 1.29 is 9.59 Å². The number of nitrogens with one attached hydrogen (secondary N) is 2. The molecule has 0 aliphatic carbocycles. The molecule has 2 N–H and O–H groups in total. The van der Waals surface area contributed by atoms with Gasteiger partial charge in [0.05, 0.1) is 6.54 Å². The molecule has 1 aromatic heterocycles. The first-order valence-corrected chi connectivity index (χ1v) is 11.2. The summed E-state index contributed by atoms with van der Waals surface area (Å²) in [6.07, 6.45) is 5.29. The fourth-order valence-corrected chi connectivity index (χ4v) is 3.87. The van der Waals surface area contributed by atoms with Gasteiger partial charge in [0.25, 0.3) is 0 Å². The van der Waals surface area contributed by atoms with Crippen LogP contribution in [-0.4, -0.2) is 95.9 Å². The molecule has 11 heteroatoms. The Bertz CT molecular complexity index is 755. The maximum atomic E-state index is 12.6. The number of piperazine rings is 1. The highest BCUT2D eigenvalue weighted by atomic mass is 127. The van der Waals surface area contributed by atoms with Gasteiger partial charge >= 0.3 is 0 Å². The standard InChI is InChI=1S/C21H34N8O2.HI/c1-3-18(30)29-11-7-17(16-29)26-20(22-4-2)23-10-6-19(31)27-12-14-28(15-13-27)21-24-8-5-9-25-21;/h5,8-9,17H,3-4,6-7,10-16H2,1-2H3,(H2,22,23,26);1H. The van der Waals surface area contributed by atoms with Crippen LogP contribution >= 0.6 is 24.0 Å². The molecule has 0 spiro atoms. The second kappa shape index (κ2) is 13.4. The predicted molar refractivity (Wildman–Crippen MR) is 135 cm³/mol. The van der Waals surface area contributed by atoms with Crippen LogP contribution in [0.15, 0.2) is 23.5 Å². The number of likely N-dealkylation sites (tertiary alicyclic amines) is 1. The first-order chi connectivity index (χ1) is 15.1. The maximum Gasteiger partial charge on any atom is 0.225 e. The fourth-order valence-electron chi connectivity index (χ4n) is 3.87. The summed E-state index contributed by atoms with van der Waals surface area (Å²) in [5.74, 6) is 1.73. The van der Waals surface area contributed by atoms with Crippen molar-refractivity contribution in [1.82, 2.24) is 30.4 Å². The van der Waals surface area contributed by atoms with E-state index in [-0.39, 0.29) is 41.8 Å². The number of halogens is 1. The Balaban J connectivity index is 0.00000363. The minimum Gasteiger partial charge on any atom is -0.357 e. The molecule has 2 aliphatic rings. The molecule has 1 unspecified atom stereocenters. The molecule has 2 amide bonds. The van der Waals surface area contributed by atoms with Gasteiger partial charge in [-0.25, -0.2) is 9.97 Å². The van der Waals surface area contributed by atoms with Gasteiger partial charge in [0.1, 0.15) is 0 Å². The normalized spacial score (nSPS) is 18.9. The van der Waals surface area contributed by atoms with Crippen molar-refractivity contribution in [3.63, 3.8) is 0 Å². The average Bonchev–Trinajstić information content (AvgIpc) is 3.28. The summed E-state index contributed by atoms with van der Waals surface area (Å²) < 4.78 is 0. The lowest BCUT2D eigenvalue weighted by Crippen LogP contribution is -2.49. The van der Waals surface area contributed by atoms with E-state index >= 15 is 0 Å². The number of aromatic nitrogens is 2. The highest BCUT2D eigenvalue weighted by Crippen LogP contribution is 2.11. The summed E-state index contributed by atoms with van der Waals surface area (Å²) >= 11 is 0. The monoisotopic (exact) mass is 558 g/mol. The smallest absolute Gasteiger partial charge is 0.225 e. The molecule has 0 saturated carbocycles. The van der Waals surface area contributed by atoms with Crippen LogP contribution in [0.4, 0.5) is 5.95 Å². The van der Waals surface area contributed by atoms with E-state index in [2.05, 4.69) is 30.5 Å². The number of nitrogens with zero attached hydrogens (tertiary/aromatic N) is 6. The van der Waals surface area contributed by atoms with Gasteiger partial charge in [-0.1, -0.05) is 6.92 Å². The number of anilines is 1. The minimum atomic E-state index is 0. The zero-order valence-electron chi connectivity index (χ0n) is 19.0. The molecule has 2 aliphatic heterocycles. The number of hydrogen-bond donors (Lipinski definition) is 2. The van der Waals surface area contributed by atoms with E-state index in [1.807, 2.05) is 23.6 Å². The molecule has 10 nitrogen and oxygen atoms in total. The molecule has 178 valence electrons. The second-order valence-corrected chi connectivity index (χ2v) is 7.75. The third kappa shape index (κ3) is 7.45. The number of rotatable bonds is 7. The van der Waals surface area contributed by atoms with Gasteiger partial charge in [0.2, 0.25) is 17.8 Å². The van der Waals surface area contributed by atoms with Gasteiger partial charge in [0, 0.05) is 77.1 Å². The van der Waals surface area contributed by atoms with Crippen molar-refractivity contribution >= 4 is 47.7 Å². The van der Waals surface area contributed by atoms with E-state index in [4.69, 9.17) is 0 Å². The van der Waals surface area contributed by atoms with Gasteiger partial charge in [-0.3, -0.25) is 14.6 Å². The minimum absolute atomic E-state index is 0. The van der Waals surface area contributed by atoms with Crippen molar-refractivity contribution in [2.75, 3.05) is 57.3 Å². The highest BCUT2D eigenvalue weighted by molar-refractivity contribution is 14.0. The zero-order chi connectivity index (χ0) is 22.1. The van der Waals surface area contributed by atoms with Crippen LogP contribution in [0.1, 0.15) is 33.1 Å². The summed E-state index contributed by atoms with van der Waals surface area (Å²) in [6, 6.07) is 1.99. The SMILES string of the molecule is CCNC(=NCCC(=O)N1CCN(c2ncccn2)CC1)NC1CCN(C(=O)CC)C1.I. The van der Waals surface area contributed by atoms with Crippen LogP contribution in [0.3, 0.4) is 0 Å². The van der Waals surface area contributed by atoms with Crippen molar-refractivity contribution in [1.29, 1.82) is 0 Å². The Kier molecular flexibility index (Phi) is 10.9. The van der Waals surface area contributed by atoms with Crippen LogP contribution in [0.5, 0.6) is 0 Å². The van der Waals surface area contributed by atoms with E-state index in [1.165, 1.54) is 0 Å². The Morgan fingerprint density at radius 3 is 2.44 bits per heavy atom. The lowest BCUT2D eigenvalue weighted by atomic mass is 10.2. The van der Waals surface area contributed by atoms with Crippen LogP contribution < -0.4 is 15.5 Å². The van der Waals surface area contributed by atoms with E-state index < -0.39 is 0 Å². The Morgan fingerprint density at radius 2 is 1.78 bits per heavy atom. The maximum absolute atomic E-state index is 12.6. The van der Waals surface area contributed by atoms with E-state index in [0.717, 1.165) is 32.6 Å². The molecule has 1 aromatic rings. The Morgan fingerprint density at radius 1 is 1.06 bits per heavy atom. The molecular formula is C21H35IN8O2. The highest BCUT2D eigenvalue weighted by Gasteiger charge is 2.26. The van der Waals surface area contributed by atoms with Gasteiger partial charge in [0.15, 0.2) is 5.96 Å². The Hall–Kier alpha value is -2.18. The molecule has 32 heavy (non-hydrogen) atoms. The molecular weight excluding hydrogens is 523 g/mol. The summed E-state index contributed by atoms with van der Waals surface area (Å²) in [4.78, 5) is 43.5. The lowest BCUT2D eigenvalue weighted by Gasteiger charge is -2.34. The lowest BCUT2D eigenvalue weighted by molar-refractivity contribution is -0.131. The Labute approximate surface area is 207 Å². The summed E-state index contributed by atoms with van der Waals surface area (Å²) in [5, 5.41) is 6.64.